The number of aryl methyl sites for hydroxylation is 1. The van der Waals surface area contributed by atoms with Crippen molar-refractivity contribution in [2.75, 3.05) is 51.6 Å². The molecule has 0 bridgehead atoms. The Bertz CT molecular complexity index is 711. The van der Waals surface area contributed by atoms with Gasteiger partial charge in [0.05, 0.1) is 26.4 Å². The summed E-state index contributed by atoms with van der Waals surface area (Å²) in [5.41, 5.74) is 2.27. The zero-order valence-electron chi connectivity index (χ0n) is 16.5. The Labute approximate surface area is 167 Å². The van der Waals surface area contributed by atoms with Gasteiger partial charge in [-0.2, -0.15) is 0 Å². The van der Waals surface area contributed by atoms with Crippen molar-refractivity contribution in [2.45, 2.75) is 19.9 Å². The second-order valence-electron chi connectivity index (χ2n) is 7.56. The van der Waals surface area contributed by atoms with Gasteiger partial charge in [0, 0.05) is 18.7 Å². The van der Waals surface area contributed by atoms with Crippen molar-refractivity contribution in [3.63, 3.8) is 0 Å². The topological polar surface area (TPSA) is 37.3 Å². The van der Waals surface area contributed by atoms with Crippen LogP contribution in [0.1, 0.15) is 17.7 Å². The summed E-state index contributed by atoms with van der Waals surface area (Å²) in [4.78, 5) is 5.60. The SMILES string of the molecule is Cc1ccccc1NC(=S)N(CCC[NH+]1CC[NH+](C)CC1)Cc1ccco1. The number of quaternary nitrogens is 2. The van der Waals surface area contributed by atoms with E-state index in [4.69, 9.17) is 16.6 Å². The molecule has 0 unspecified atom stereocenters. The van der Waals surface area contributed by atoms with Crippen LogP contribution in [0.4, 0.5) is 5.69 Å². The van der Waals surface area contributed by atoms with Crippen LogP contribution in [0.5, 0.6) is 0 Å². The van der Waals surface area contributed by atoms with E-state index >= 15 is 0 Å². The van der Waals surface area contributed by atoms with Gasteiger partial charge >= 0.3 is 0 Å². The molecule has 0 aliphatic carbocycles. The van der Waals surface area contributed by atoms with Crippen LogP contribution in [0.2, 0.25) is 0 Å². The van der Waals surface area contributed by atoms with E-state index < -0.39 is 0 Å². The fraction of sp³-hybridized carbons (Fsp3) is 0.476. The van der Waals surface area contributed by atoms with Gasteiger partial charge in [-0.3, -0.25) is 0 Å². The number of hydrogen-bond acceptors (Lipinski definition) is 2. The molecule has 0 spiro atoms. The fourth-order valence-corrected chi connectivity index (χ4v) is 3.82. The number of furan rings is 1. The van der Waals surface area contributed by atoms with E-state index in [9.17, 15) is 0 Å². The Kier molecular flexibility index (Phi) is 7.26. The number of anilines is 1. The van der Waals surface area contributed by atoms with Crippen molar-refractivity contribution in [2.24, 2.45) is 0 Å². The molecule has 3 N–H and O–H groups in total. The van der Waals surface area contributed by atoms with Crippen LogP contribution in [-0.2, 0) is 6.54 Å². The zero-order valence-corrected chi connectivity index (χ0v) is 17.3. The second kappa shape index (κ2) is 9.88. The van der Waals surface area contributed by atoms with Gasteiger partial charge < -0.3 is 24.4 Å². The maximum atomic E-state index is 5.74. The van der Waals surface area contributed by atoms with Crippen LogP contribution in [0, 0.1) is 6.92 Å². The van der Waals surface area contributed by atoms with Crippen molar-refractivity contribution in [1.82, 2.24) is 4.90 Å². The molecular weight excluding hydrogens is 356 g/mol. The normalized spacial score (nSPS) is 19.6. The monoisotopic (exact) mass is 388 g/mol. The fourth-order valence-electron chi connectivity index (χ4n) is 3.55. The van der Waals surface area contributed by atoms with Crippen molar-refractivity contribution < 1.29 is 14.2 Å². The minimum Gasteiger partial charge on any atom is -0.467 e. The van der Waals surface area contributed by atoms with E-state index in [1.807, 2.05) is 24.3 Å². The van der Waals surface area contributed by atoms with Crippen molar-refractivity contribution in [3.8, 4) is 0 Å². The van der Waals surface area contributed by atoms with Crippen LogP contribution >= 0.6 is 12.2 Å². The Balaban J connectivity index is 1.56. The third-order valence-corrected chi connectivity index (χ3v) is 5.73. The lowest BCUT2D eigenvalue weighted by atomic mass is 10.2. The molecule has 2 heterocycles. The highest BCUT2D eigenvalue weighted by molar-refractivity contribution is 7.80. The highest BCUT2D eigenvalue weighted by Gasteiger charge is 2.20. The quantitative estimate of drug-likeness (QED) is 0.607. The summed E-state index contributed by atoms with van der Waals surface area (Å²) >= 11 is 5.74. The Morgan fingerprint density at radius 1 is 1.15 bits per heavy atom. The summed E-state index contributed by atoms with van der Waals surface area (Å²) in [6.45, 7) is 10.0. The lowest BCUT2D eigenvalue weighted by Crippen LogP contribution is -3.27. The molecule has 3 rings (SSSR count). The molecule has 0 radical (unpaired) electrons. The standard InChI is InChI=1S/C21H30N4OS/c1-18-7-3-4-9-20(18)22-21(27)25(17-19-8-5-16-26-19)11-6-10-24-14-12-23(2)13-15-24/h3-5,7-9,16H,6,10-15,17H2,1-2H3,(H,22,27)/p+2. The number of para-hydroxylation sites is 1. The number of thiocarbonyl (C=S) groups is 1. The summed E-state index contributed by atoms with van der Waals surface area (Å²) in [6.07, 6.45) is 2.85. The maximum absolute atomic E-state index is 5.74. The summed E-state index contributed by atoms with van der Waals surface area (Å²) < 4.78 is 5.56. The third-order valence-electron chi connectivity index (χ3n) is 5.37. The van der Waals surface area contributed by atoms with Gasteiger partial charge in [-0.1, -0.05) is 18.2 Å². The number of benzene rings is 1. The first-order valence-electron chi connectivity index (χ1n) is 9.90. The molecule has 1 aliphatic heterocycles. The van der Waals surface area contributed by atoms with Crippen LogP contribution in [-0.4, -0.2) is 56.3 Å². The van der Waals surface area contributed by atoms with Gasteiger partial charge in [0.25, 0.3) is 0 Å². The van der Waals surface area contributed by atoms with E-state index in [-0.39, 0.29) is 0 Å². The largest absolute Gasteiger partial charge is 0.467 e. The molecule has 2 aromatic rings. The summed E-state index contributed by atoms with van der Waals surface area (Å²) in [7, 11) is 2.29. The van der Waals surface area contributed by atoms with E-state index in [2.05, 4.69) is 36.3 Å². The van der Waals surface area contributed by atoms with Crippen molar-refractivity contribution in [3.05, 3.63) is 54.0 Å². The minimum absolute atomic E-state index is 0.701. The molecule has 0 atom stereocenters. The molecule has 1 fully saturated rings. The highest BCUT2D eigenvalue weighted by atomic mass is 32.1. The lowest BCUT2D eigenvalue weighted by Gasteiger charge is -2.29. The van der Waals surface area contributed by atoms with Crippen molar-refractivity contribution >= 4 is 23.0 Å². The molecule has 0 saturated carbocycles. The van der Waals surface area contributed by atoms with E-state index in [1.54, 1.807) is 16.1 Å². The highest BCUT2D eigenvalue weighted by Crippen LogP contribution is 2.15. The summed E-state index contributed by atoms with van der Waals surface area (Å²) in [5.74, 6) is 0.944. The molecule has 1 aliphatic rings. The van der Waals surface area contributed by atoms with Gasteiger partial charge in [-0.15, -0.1) is 0 Å². The lowest BCUT2D eigenvalue weighted by molar-refractivity contribution is -1.00. The average Bonchev–Trinajstić information content (AvgIpc) is 3.17. The molecule has 6 heteroatoms. The first-order chi connectivity index (χ1) is 13.1. The molecule has 146 valence electrons. The zero-order chi connectivity index (χ0) is 19.1. The van der Waals surface area contributed by atoms with Gasteiger partial charge in [0.2, 0.25) is 0 Å². The van der Waals surface area contributed by atoms with Crippen LogP contribution in [0.25, 0.3) is 0 Å². The van der Waals surface area contributed by atoms with Crippen LogP contribution in [0.3, 0.4) is 0 Å². The molecule has 1 saturated heterocycles. The van der Waals surface area contributed by atoms with Gasteiger partial charge in [-0.25, -0.2) is 0 Å². The van der Waals surface area contributed by atoms with E-state index in [1.165, 1.54) is 38.3 Å². The van der Waals surface area contributed by atoms with Crippen molar-refractivity contribution in [1.29, 1.82) is 0 Å². The van der Waals surface area contributed by atoms with Gasteiger partial charge in [0.15, 0.2) is 5.11 Å². The number of likely N-dealkylation sites (N-methyl/N-ethyl adjacent to an activating group) is 1. The number of nitrogens with zero attached hydrogens (tertiary/aromatic N) is 1. The molecular formula is C21H32N4OS+2. The average molecular weight is 389 g/mol. The maximum Gasteiger partial charge on any atom is 0.173 e. The van der Waals surface area contributed by atoms with E-state index in [0.29, 0.717) is 6.54 Å². The molecule has 5 nitrogen and oxygen atoms in total. The summed E-state index contributed by atoms with van der Waals surface area (Å²) in [6, 6.07) is 12.2. The van der Waals surface area contributed by atoms with Gasteiger partial charge in [-0.05, 0) is 42.9 Å². The van der Waals surface area contributed by atoms with Gasteiger partial charge in [0.1, 0.15) is 31.9 Å². The third kappa shape index (κ3) is 6.06. The smallest absolute Gasteiger partial charge is 0.173 e. The second-order valence-corrected chi connectivity index (χ2v) is 7.94. The van der Waals surface area contributed by atoms with E-state index in [0.717, 1.165) is 29.5 Å². The summed E-state index contributed by atoms with van der Waals surface area (Å²) in [5, 5.41) is 4.19. The first-order valence-corrected chi connectivity index (χ1v) is 10.3. The van der Waals surface area contributed by atoms with Crippen LogP contribution in [0.15, 0.2) is 47.1 Å². The number of rotatable bonds is 7. The van der Waals surface area contributed by atoms with Crippen LogP contribution < -0.4 is 15.1 Å². The Hall–Kier alpha value is -1.89. The molecule has 27 heavy (non-hydrogen) atoms. The predicted molar refractivity (Wildman–Crippen MR) is 113 cm³/mol. The minimum atomic E-state index is 0.701. The Morgan fingerprint density at radius 2 is 1.93 bits per heavy atom. The number of hydrogen-bond donors (Lipinski definition) is 3. The molecule has 1 aromatic carbocycles. The predicted octanol–water partition coefficient (Wildman–Crippen LogP) is 0.590. The Morgan fingerprint density at radius 3 is 2.63 bits per heavy atom. The molecule has 1 aromatic heterocycles. The number of piperazine rings is 1. The molecule has 0 amide bonds. The first kappa shape index (κ1) is 19.9. The number of nitrogens with one attached hydrogen (secondary N) is 3.